The Morgan fingerprint density at radius 2 is 2.08 bits per heavy atom. The maximum atomic E-state index is 4.75. The summed E-state index contributed by atoms with van der Waals surface area (Å²) in [6, 6.07) is 8.24. The van der Waals surface area contributed by atoms with Gasteiger partial charge in [-0.15, -0.1) is 0 Å². The van der Waals surface area contributed by atoms with Gasteiger partial charge in [-0.05, 0) is 18.9 Å². The molecule has 2 nitrogen and oxygen atoms in total. The zero-order chi connectivity index (χ0) is 9.68. The highest BCUT2D eigenvalue weighted by Gasteiger charge is 2.02. The molecule has 0 saturated heterocycles. The van der Waals surface area contributed by atoms with E-state index in [1.807, 2.05) is 19.1 Å². The van der Waals surface area contributed by atoms with E-state index in [9.17, 15) is 0 Å². The van der Waals surface area contributed by atoms with E-state index in [0.717, 1.165) is 12.1 Å². The molecule has 1 rings (SSSR count). The summed E-state index contributed by atoms with van der Waals surface area (Å²) < 4.78 is 0. The fourth-order valence-electron chi connectivity index (χ4n) is 1.37. The predicted octanol–water partition coefficient (Wildman–Crippen LogP) is 2.62. The highest BCUT2D eigenvalue weighted by molar-refractivity contribution is 5.99. The largest absolute Gasteiger partial charge is 0.399 e. The van der Waals surface area contributed by atoms with E-state index < -0.39 is 0 Å². The molecule has 0 atom stereocenters. The van der Waals surface area contributed by atoms with Gasteiger partial charge in [-0.3, -0.25) is 0 Å². The van der Waals surface area contributed by atoms with Crippen LogP contribution in [0.15, 0.2) is 29.4 Å². The summed E-state index contributed by atoms with van der Waals surface area (Å²) in [6.45, 7) is 4.09. The molecule has 0 amide bonds. The average molecular weight is 177 g/mol. The zero-order valence-electron chi connectivity index (χ0n) is 8.37. The molecule has 0 spiro atoms. The normalized spacial score (nSPS) is 11.5. The summed E-state index contributed by atoms with van der Waals surface area (Å²) in [4.78, 5) is 4.75. The summed E-state index contributed by atoms with van der Waals surface area (Å²) in [7, 11) is 1.57. The molecule has 1 aromatic carbocycles. The SMILES string of the molecule is CCc1ccccc1/C(C)=N\OC. The monoisotopic (exact) mass is 177 g/mol. The Hall–Kier alpha value is -1.31. The van der Waals surface area contributed by atoms with Gasteiger partial charge in [0.15, 0.2) is 0 Å². The Bertz CT molecular complexity index is 305. The molecule has 0 N–H and O–H groups in total. The van der Waals surface area contributed by atoms with Crippen LogP contribution < -0.4 is 0 Å². The van der Waals surface area contributed by atoms with Crippen LogP contribution in [0.3, 0.4) is 0 Å². The molecule has 0 saturated carbocycles. The Labute approximate surface area is 79.2 Å². The molecule has 70 valence electrons. The molecule has 0 bridgehead atoms. The van der Waals surface area contributed by atoms with E-state index in [-0.39, 0.29) is 0 Å². The third-order valence-corrected chi connectivity index (χ3v) is 2.02. The Kier molecular flexibility index (Phi) is 3.50. The third-order valence-electron chi connectivity index (χ3n) is 2.02. The topological polar surface area (TPSA) is 21.6 Å². The lowest BCUT2D eigenvalue weighted by Crippen LogP contribution is -2.00. The second-order valence-electron chi connectivity index (χ2n) is 2.87. The highest BCUT2D eigenvalue weighted by atomic mass is 16.6. The molecule has 0 aromatic heterocycles. The van der Waals surface area contributed by atoms with Crippen LogP contribution in [-0.4, -0.2) is 12.8 Å². The van der Waals surface area contributed by atoms with Crippen molar-refractivity contribution >= 4 is 5.71 Å². The maximum Gasteiger partial charge on any atom is 0.106 e. The van der Waals surface area contributed by atoms with Crippen molar-refractivity contribution in [3.05, 3.63) is 35.4 Å². The Morgan fingerprint density at radius 3 is 2.69 bits per heavy atom. The number of benzene rings is 1. The van der Waals surface area contributed by atoms with Crippen molar-refractivity contribution in [2.75, 3.05) is 7.11 Å². The fraction of sp³-hybridized carbons (Fsp3) is 0.364. The van der Waals surface area contributed by atoms with Crippen LogP contribution in [0.4, 0.5) is 0 Å². The summed E-state index contributed by atoms with van der Waals surface area (Å²) >= 11 is 0. The van der Waals surface area contributed by atoms with Crippen molar-refractivity contribution < 1.29 is 4.84 Å². The minimum atomic E-state index is 0.931. The molecular formula is C11H15NO. The van der Waals surface area contributed by atoms with Crippen molar-refractivity contribution in [3.63, 3.8) is 0 Å². The van der Waals surface area contributed by atoms with Crippen LogP contribution in [0.25, 0.3) is 0 Å². The molecular weight excluding hydrogens is 162 g/mol. The quantitative estimate of drug-likeness (QED) is 0.513. The molecule has 0 fully saturated rings. The predicted molar refractivity (Wildman–Crippen MR) is 55.0 cm³/mol. The standard InChI is InChI=1S/C11H15NO/c1-4-10-7-5-6-8-11(10)9(2)12-13-3/h5-8H,4H2,1-3H3/b12-9-. The minimum absolute atomic E-state index is 0.931. The van der Waals surface area contributed by atoms with Gasteiger partial charge in [0.25, 0.3) is 0 Å². The van der Waals surface area contributed by atoms with Crippen LogP contribution in [0.2, 0.25) is 0 Å². The summed E-state index contributed by atoms with van der Waals surface area (Å²) in [5.41, 5.74) is 3.41. The molecule has 0 unspecified atom stereocenters. The number of rotatable bonds is 3. The minimum Gasteiger partial charge on any atom is -0.399 e. The molecule has 1 aromatic rings. The van der Waals surface area contributed by atoms with Crippen molar-refractivity contribution in [1.82, 2.24) is 0 Å². The van der Waals surface area contributed by atoms with Crippen molar-refractivity contribution in [3.8, 4) is 0 Å². The highest BCUT2D eigenvalue weighted by Crippen LogP contribution is 2.10. The van der Waals surface area contributed by atoms with Gasteiger partial charge in [0.2, 0.25) is 0 Å². The van der Waals surface area contributed by atoms with Gasteiger partial charge in [0.05, 0.1) is 5.71 Å². The van der Waals surface area contributed by atoms with Gasteiger partial charge in [0.1, 0.15) is 7.11 Å². The van der Waals surface area contributed by atoms with Crippen molar-refractivity contribution in [2.45, 2.75) is 20.3 Å². The lowest BCUT2D eigenvalue weighted by atomic mass is 10.0. The first-order chi connectivity index (χ1) is 6.29. The fourth-order valence-corrected chi connectivity index (χ4v) is 1.37. The van der Waals surface area contributed by atoms with Crippen LogP contribution in [0.1, 0.15) is 25.0 Å². The molecule has 0 heterocycles. The first-order valence-electron chi connectivity index (χ1n) is 4.45. The Balaban J connectivity index is 3.05. The average Bonchev–Trinajstić information content (AvgIpc) is 2.18. The molecule has 0 aliphatic rings. The first kappa shape index (κ1) is 9.78. The Morgan fingerprint density at radius 1 is 1.38 bits per heavy atom. The van der Waals surface area contributed by atoms with E-state index in [0.29, 0.717) is 0 Å². The van der Waals surface area contributed by atoms with Crippen LogP contribution in [0.5, 0.6) is 0 Å². The lowest BCUT2D eigenvalue weighted by molar-refractivity contribution is 0.213. The number of hydrogen-bond donors (Lipinski definition) is 0. The van der Waals surface area contributed by atoms with Crippen LogP contribution in [0, 0.1) is 0 Å². The number of nitrogens with zero attached hydrogens (tertiary/aromatic N) is 1. The second kappa shape index (κ2) is 4.65. The van der Waals surface area contributed by atoms with Crippen molar-refractivity contribution in [1.29, 1.82) is 0 Å². The van der Waals surface area contributed by atoms with E-state index in [4.69, 9.17) is 4.84 Å². The zero-order valence-corrected chi connectivity index (χ0v) is 8.37. The van der Waals surface area contributed by atoms with Gasteiger partial charge in [-0.1, -0.05) is 36.3 Å². The summed E-state index contributed by atoms with van der Waals surface area (Å²) in [6.07, 6.45) is 1.02. The lowest BCUT2D eigenvalue weighted by Gasteiger charge is -2.05. The van der Waals surface area contributed by atoms with Crippen LogP contribution in [-0.2, 0) is 11.3 Å². The van der Waals surface area contributed by atoms with Gasteiger partial charge in [-0.2, -0.15) is 0 Å². The number of oxime groups is 1. The van der Waals surface area contributed by atoms with Crippen molar-refractivity contribution in [2.24, 2.45) is 5.16 Å². The summed E-state index contributed by atoms with van der Waals surface area (Å²) in [5, 5.41) is 3.92. The van der Waals surface area contributed by atoms with E-state index in [2.05, 4.69) is 24.2 Å². The van der Waals surface area contributed by atoms with E-state index in [1.165, 1.54) is 11.1 Å². The molecule has 13 heavy (non-hydrogen) atoms. The molecule has 0 aliphatic carbocycles. The van der Waals surface area contributed by atoms with E-state index >= 15 is 0 Å². The second-order valence-corrected chi connectivity index (χ2v) is 2.87. The van der Waals surface area contributed by atoms with Gasteiger partial charge in [0, 0.05) is 5.56 Å². The number of aryl methyl sites for hydroxylation is 1. The van der Waals surface area contributed by atoms with Gasteiger partial charge >= 0.3 is 0 Å². The van der Waals surface area contributed by atoms with E-state index in [1.54, 1.807) is 7.11 Å². The molecule has 2 heteroatoms. The maximum absolute atomic E-state index is 4.75. The van der Waals surface area contributed by atoms with Gasteiger partial charge in [-0.25, -0.2) is 0 Å². The number of hydrogen-bond acceptors (Lipinski definition) is 2. The molecule has 0 radical (unpaired) electrons. The molecule has 0 aliphatic heterocycles. The third kappa shape index (κ3) is 2.31. The van der Waals surface area contributed by atoms with Crippen LogP contribution >= 0.6 is 0 Å². The van der Waals surface area contributed by atoms with Gasteiger partial charge < -0.3 is 4.84 Å². The smallest absolute Gasteiger partial charge is 0.106 e. The first-order valence-corrected chi connectivity index (χ1v) is 4.45. The summed E-state index contributed by atoms with van der Waals surface area (Å²) in [5.74, 6) is 0.